The van der Waals surface area contributed by atoms with E-state index in [0.29, 0.717) is 29.9 Å². The smallest absolute Gasteiger partial charge is 0.328 e. The van der Waals surface area contributed by atoms with Crippen molar-refractivity contribution in [3.63, 3.8) is 0 Å². The fourth-order valence-corrected chi connectivity index (χ4v) is 2.21. The summed E-state index contributed by atoms with van der Waals surface area (Å²) in [7, 11) is 1.40. The number of methoxy groups -OCH3 is 1. The largest absolute Gasteiger partial charge is 0.467 e. The van der Waals surface area contributed by atoms with Crippen LogP contribution in [0, 0.1) is 12.8 Å². The molecule has 2 rings (SSSR count). The fraction of sp³-hybridized carbons (Fsp3) is 0.667. The van der Waals surface area contributed by atoms with Crippen LogP contribution in [0.15, 0.2) is 0 Å². The van der Waals surface area contributed by atoms with Gasteiger partial charge in [-0.25, -0.2) is 14.8 Å². The molecule has 0 aromatic carbocycles. The molecule has 1 fully saturated rings. The standard InChI is InChI=1S/C15H24N4O2/c1-8(2)7-11(15(20)21-4)17-13-9(3)12(16)18-14(19-13)10-5-6-10/h8,10-11H,5-7H2,1-4H3,(H3,16,17,18,19). The molecule has 0 bridgehead atoms. The molecule has 6 heteroatoms. The lowest BCUT2D eigenvalue weighted by Crippen LogP contribution is -2.33. The quantitative estimate of drug-likeness (QED) is 0.781. The van der Waals surface area contributed by atoms with Crippen LogP contribution in [-0.2, 0) is 9.53 Å². The molecule has 1 aromatic rings. The van der Waals surface area contributed by atoms with Gasteiger partial charge in [0.05, 0.1) is 7.11 Å². The van der Waals surface area contributed by atoms with Gasteiger partial charge in [0.25, 0.3) is 0 Å². The number of nitrogen functional groups attached to an aromatic ring is 1. The maximum atomic E-state index is 11.9. The Balaban J connectivity index is 2.24. The Morgan fingerprint density at radius 2 is 2.10 bits per heavy atom. The topological polar surface area (TPSA) is 90.1 Å². The number of ether oxygens (including phenoxy) is 1. The van der Waals surface area contributed by atoms with Crippen LogP contribution in [0.3, 0.4) is 0 Å². The first-order valence-electron chi connectivity index (χ1n) is 7.40. The van der Waals surface area contributed by atoms with Crippen molar-refractivity contribution >= 4 is 17.6 Å². The maximum absolute atomic E-state index is 11.9. The Hall–Kier alpha value is -1.85. The van der Waals surface area contributed by atoms with E-state index in [4.69, 9.17) is 10.5 Å². The second-order valence-corrected chi connectivity index (χ2v) is 6.06. The third-order valence-corrected chi connectivity index (χ3v) is 3.65. The van der Waals surface area contributed by atoms with Crippen LogP contribution < -0.4 is 11.1 Å². The fourth-order valence-electron chi connectivity index (χ4n) is 2.21. The van der Waals surface area contributed by atoms with Gasteiger partial charge in [0.2, 0.25) is 0 Å². The number of aromatic nitrogens is 2. The molecule has 21 heavy (non-hydrogen) atoms. The van der Waals surface area contributed by atoms with Gasteiger partial charge in [-0.05, 0) is 32.1 Å². The van der Waals surface area contributed by atoms with E-state index >= 15 is 0 Å². The molecule has 0 saturated heterocycles. The number of nitrogens with one attached hydrogen (secondary N) is 1. The highest BCUT2D eigenvalue weighted by atomic mass is 16.5. The molecule has 0 radical (unpaired) electrons. The molecule has 3 N–H and O–H groups in total. The zero-order chi connectivity index (χ0) is 15.6. The van der Waals surface area contributed by atoms with Gasteiger partial charge in [-0.2, -0.15) is 0 Å². The summed E-state index contributed by atoms with van der Waals surface area (Å²) in [6, 6.07) is -0.421. The van der Waals surface area contributed by atoms with E-state index in [0.717, 1.165) is 24.2 Å². The van der Waals surface area contributed by atoms with E-state index in [1.54, 1.807) is 0 Å². The third kappa shape index (κ3) is 3.83. The lowest BCUT2D eigenvalue weighted by Gasteiger charge is -2.20. The number of rotatable bonds is 6. The molecule has 1 heterocycles. The summed E-state index contributed by atoms with van der Waals surface area (Å²) in [5.41, 5.74) is 6.74. The summed E-state index contributed by atoms with van der Waals surface area (Å²) in [5.74, 6) is 2.38. The first-order valence-corrected chi connectivity index (χ1v) is 7.40. The normalized spacial score (nSPS) is 15.9. The van der Waals surface area contributed by atoms with Crippen molar-refractivity contribution in [3.8, 4) is 0 Å². The van der Waals surface area contributed by atoms with Gasteiger partial charge in [-0.3, -0.25) is 0 Å². The number of carbonyl (C=O) groups excluding carboxylic acids is 1. The molecule has 6 nitrogen and oxygen atoms in total. The monoisotopic (exact) mass is 292 g/mol. The molecule has 1 aromatic heterocycles. The van der Waals surface area contributed by atoms with E-state index in [9.17, 15) is 4.79 Å². The van der Waals surface area contributed by atoms with Crippen LogP contribution in [0.1, 0.15) is 50.4 Å². The molecule has 116 valence electrons. The Morgan fingerprint density at radius 1 is 1.43 bits per heavy atom. The summed E-state index contributed by atoms with van der Waals surface area (Å²) in [6.07, 6.45) is 2.89. The summed E-state index contributed by atoms with van der Waals surface area (Å²) >= 11 is 0. The molecular formula is C15H24N4O2. The molecule has 1 aliphatic rings. The molecule has 1 atom stereocenters. The highest BCUT2D eigenvalue weighted by molar-refractivity contribution is 5.79. The van der Waals surface area contributed by atoms with Crippen LogP contribution in [0.25, 0.3) is 0 Å². The minimum absolute atomic E-state index is 0.284. The Kier molecular flexibility index (Phi) is 4.65. The summed E-state index contributed by atoms with van der Waals surface area (Å²) in [6.45, 7) is 5.99. The number of hydrogen-bond acceptors (Lipinski definition) is 6. The van der Waals surface area contributed by atoms with E-state index < -0.39 is 6.04 Å². The molecular weight excluding hydrogens is 268 g/mol. The first kappa shape index (κ1) is 15.5. The molecule has 1 saturated carbocycles. The van der Waals surface area contributed by atoms with Crippen molar-refractivity contribution in [1.82, 2.24) is 9.97 Å². The maximum Gasteiger partial charge on any atom is 0.328 e. The van der Waals surface area contributed by atoms with Gasteiger partial charge >= 0.3 is 5.97 Å². The predicted octanol–water partition coefficient (Wildman–Crippen LogP) is 2.24. The number of nitrogens with two attached hydrogens (primary N) is 1. The Bertz CT molecular complexity index is 527. The zero-order valence-electron chi connectivity index (χ0n) is 13.1. The van der Waals surface area contributed by atoms with Gasteiger partial charge in [0, 0.05) is 11.5 Å². The van der Waals surface area contributed by atoms with E-state index in [2.05, 4.69) is 29.1 Å². The third-order valence-electron chi connectivity index (χ3n) is 3.65. The number of nitrogens with zero attached hydrogens (tertiary/aromatic N) is 2. The van der Waals surface area contributed by atoms with Crippen LogP contribution in [-0.4, -0.2) is 29.1 Å². The summed E-state index contributed by atoms with van der Waals surface area (Å²) < 4.78 is 4.87. The summed E-state index contributed by atoms with van der Waals surface area (Å²) in [4.78, 5) is 20.8. The van der Waals surface area contributed by atoms with Crippen LogP contribution in [0.2, 0.25) is 0 Å². The number of carbonyl (C=O) groups is 1. The molecule has 0 aliphatic heterocycles. The average molecular weight is 292 g/mol. The van der Waals surface area contributed by atoms with E-state index in [-0.39, 0.29) is 5.97 Å². The lowest BCUT2D eigenvalue weighted by molar-refractivity contribution is -0.141. The van der Waals surface area contributed by atoms with Gasteiger partial charge < -0.3 is 15.8 Å². The number of anilines is 2. The van der Waals surface area contributed by atoms with E-state index in [1.165, 1.54) is 7.11 Å². The van der Waals surface area contributed by atoms with Crippen molar-refractivity contribution in [2.24, 2.45) is 5.92 Å². The first-order chi connectivity index (χ1) is 9.92. The van der Waals surface area contributed by atoms with Gasteiger partial charge in [-0.15, -0.1) is 0 Å². The second kappa shape index (κ2) is 6.28. The minimum Gasteiger partial charge on any atom is -0.467 e. The predicted molar refractivity (Wildman–Crippen MR) is 82.0 cm³/mol. The van der Waals surface area contributed by atoms with Crippen molar-refractivity contribution in [1.29, 1.82) is 0 Å². The molecule has 1 aliphatic carbocycles. The van der Waals surface area contributed by atoms with Gasteiger partial charge in [0.1, 0.15) is 23.5 Å². The molecule has 1 unspecified atom stereocenters. The van der Waals surface area contributed by atoms with Crippen molar-refractivity contribution in [3.05, 3.63) is 11.4 Å². The van der Waals surface area contributed by atoms with Gasteiger partial charge in [0.15, 0.2) is 0 Å². The van der Waals surface area contributed by atoms with Crippen LogP contribution >= 0.6 is 0 Å². The van der Waals surface area contributed by atoms with Crippen molar-refractivity contribution < 1.29 is 9.53 Å². The van der Waals surface area contributed by atoms with E-state index in [1.807, 2.05) is 6.92 Å². The van der Waals surface area contributed by atoms with Gasteiger partial charge in [-0.1, -0.05) is 13.8 Å². The highest BCUT2D eigenvalue weighted by Crippen LogP contribution is 2.39. The Morgan fingerprint density at radius 3 is 2.62 bits per heavy atom. The highest BCUT2D eigenvalue weighted by Gasteiger charge is 2.29. The minimum atomic E-state index is -0.421. The second-order valence-electron chi connectivity index (χ2n) is 6.06. The zero-order valence-corrected chi connectivity index (χ0v) is 13.1. The lowest BCUT2D eigenvalue weighted by atomic mass is 10.0. The van der Waals surface area contributed by atoms with Crippen molar-refractivity contribution in [2.75, 3.05) is 18.2 Å². The number of hydrogen-bond donors (Lipinski definition) is 2. The van der Waals surface area contributed by atoms with Crippen LogP contribution in [0.5, 0.6) is 0 Å². The molecule has 0 amide bonds. The van der Waals surface area contributed by atoms with Crippen LogP contribution in [0.4, 0.5) is 11.6 Å². The average Bonchev–Trinajstić information content (AvgIpc) is 3.25. The Labute approximate surface area is 125 Å². The summed E-state index contributed by atoms with van der Waals surface area (Å²) in [5, 5.41) is 3.19. The molecule has 0 spiro atoms. The van der Waals surface area contributed by atoms with Crippen molar-refractivity contribution in [2.45, 2.75) is 52.0 Å². The SMILES string of the molecule is COC(=O)C(CC(C)C)Nc1nc(C2CC2)nc(N)c1C. The number of esters is 1.